The predicted molar refractivity (Wildman–Crippen MR) is 101 cm³/mol. The number of aryl methyl sites for hydroxylation is 1. The van der Waals surface area contributed by atoms with E-state index in [-0.39, 0.29) is 12.1 Å². The van der Waals surface area contributed by atoms with E-state index in [0.29, 0.717) is 0 Å². The molecule has 2 aromatic carbocycles. The molecule has 4 rings (SSSR count). The van der Waals surface area contributed by atoms with Crippen molar-refractivity contribution >= 4 is 22.6 Å². The number of rotatable bonds is 2. The van der Waals surface area contributed by atoms with Crippen LogP contribution < -0.4 is 5.32 Å². The summed E-state index contributed by atoms with van der Waals surface area (Å²) in [6, 6.07) is 18.3. The molecule has 1 aliphatic rings. The van der Waals surface area contributed by atoms with Crippen molar-refractivity contribution in [2.45, 2.75) is 25.8 Å². The molecule has 0 radical (unpaired) electrons. The van der Waals surface area contributed by atoms with Crippen LogP contribution in [-0.4, -0.2) is 22.5 Å². The van der Waals surface area contributed by atoms with E-state index < -0.39 is 0 Å². The van der Waals surface area contributed by atoms with Gasteiger partial charge in [0, 0.05) is 11.9 Å². The van der Waals surface area contributed by atoms with Crippen LogP contribution in [0.15, 0.2) is 60.8 Å². The second-order valence-corrected chi connectivity index (χ2v) is 6.55. The zero-order valence-electron chi connectivity index (χ0n) is 14.3. The van der Waals surface area contributed by atoms with Crippen LogP contribution in [0.25, 0.3) is 10.9 Å². The number of pyridine rings is 1. The number of anilines is 1. The van der Waals surface area contributed by atoms with Gasteiger partial charge in [-0.3, -0.25) is 4.98 Å². The lowest BCUT2D eigenvalue weighted by molar-refractivity contribution is 0.207. The average Bonchev–Trinajstić information content (AvgIpc) is 3.11. The summed E-state index contributed by atoms with van der Waals surface area (Å²) in [6.45, 7) is 2.89. The maximum Gasteiger partial charge on any atom is 0.322 e. The monoisotopic (exact) mass is 331 g/mol. The molecule has 1 aromatic heterocycles. The van der Waals surface area contributed by atoms with Crippen LogP contribution in [-0.2, 0) is 0 Å². The van der Waals surface area contributed by atoms with Gasteiger partial charge >= 0.3 is 6.03 Å². The fourth-order valence-corrected chi connectivity index (χ4v) is 3.63. The summed E-state index contributed by atoms with van der Waals surface area (Å²) >= 11 is 0. The lowest BCUT2D eigenvalue weighted by Gasteiger charge is -2.26. The fourth-order valence-electron chi connectivity index (χ4n) is 3.63. The quantitative estimate of drug-likeness (QED) is 0.725. The minimum Gasteiger partial charge on any atom is -0.317 e. The van der Waals surface area contributed by atoms with Crippen LogP contribution in [0.5, 0.6) is 0 Å². The molecule has 2 amide bonds. The molecule has 0 aliphatic carbocycles. The summed E-state index contributed by atoms with van der Waals surface area (Å²) in [4.78, 5) is 19.2. The number of benzene rings is 2. The van der Waals surface area contributed by atoms with Crippen molar-refractivity contribution in [1.29, 1.82) is 0 Å². The zero-order chi connectivity index (χ0) is 17.2. The van der Waals surface area contributed by atoms with E-state index in [1.807, 2.05) is 47.4 Å². The second-order valence-electron chi connectivity index (χ2n) is 6.55. The molecular formula is C21H21N3O. The van der Waals surface area contributed by atoms with Gasteiger partial charge in [0.05, 0.1) is 23.4 Å². The third kappa shape index (κ3) is 3.07. The number of amides is 2. The van der Waals surface area contributed by atoms with Gasteiger partial charge in [-0.1, -0.05) is 42.5 Å². The number of para-hydroxylation sites is 1. The Labute approximate surface area is 147 Å². The molecule has 0 bridgehead atoms. The Bertz CT molecular complexity index is 922. The van der Waals surface area contributed by atoms with Crippen LogP contribution in [0.2, 0.25) is 0 Å². The first-order valence-corrected chi connectivity index (χ1v) is 8.70. The number of carbonyl (C=O) groups is 1. The van der Waals surface area contributed by atoms with Crippen molar-refractivity contribution < 1.29 is 4.79 Å². The van der Waals surface area contributed by atoms with E-state index in [4.69, 9.17) is 0 Å². The van der Waals surface area contributed by atoms with Crippen LogP contribution in [0.3, 0.4) is 0 Å². The highest BCUT2D eigenvalue weighted by Gasteiger charge is 2.30. The summed E-state index contributed by atoms with van der Waals surface area (Å²) in [5, 5.41) is 4.04. The summed E-state index contributed by atoms with van der Waals surface area (Å²) in [5.41, 5.74) is 4.14. The fraction of sp³-hybridized carbons (Fsp3) is 0.238. The van der Waals surface area contributed by atoms with Crippen molar-refractivity contribution in [1.82, 2.24) is 9.88 Å². The third-order valence-electron chi connectivity index (χ3n) is 4.90. The van der Waals surface area contributed by atoms with Crippen molar-refractivity contribution in [3.63, 3.8) is 0 Å². The average molecular weight is 331 g/mol. The van der Waals surface area contributed by atoms with E-state index in [1.165, 1.54) is 11.1 Å². The molecule has 126 valence electrons. The molecule has 4 heteroatoms. The smallest absolute Gasteiger partial charge is 0.317 e. The second kappa shape index (κ2) is 6.55. The summed E-state index contributed by atoms with van der Waals surface area (Å²) < 4.78 is 0. The first-order valence-electron chi connectivity index (χ1n) is 8.70. The Morgan fingerprint density at radius 1 is 1.16 bits per heavy atom. The molecular weight excluding hydrogens is 310 g/mol. The van der Waals surface area contributed by atoms with Crippen molar-refractivity contribution in [2.24, 2.45) is 0 Å². The highest BCUT2D eigenvalue weighted by molar-refractivity contribution is 5.92. The molecule has 3 aromatic rings. The molecule has 25 heavy (non-hydrogen) atoms. The number of nitrogens with zero attached hydrogens (tertiary/aromatic N) is 2. The van der Waals surface area contributed by atoms with Gasteiger partial charge in [0.25, 0.3) is 0 Å². The number of fused-ring (bicyclic) bond motifs is 1. The van der Waals surface area contributed by atoms with E-state index in [0.717, 1.165) is 36.0 Å². The van der Waals surface area contributed by atoms with E-state index in [1.54, 1.807) is 6.20 Å². The minimum absolute atomic E-state index is 0.0529. The zero-order valence-corrected chi connectivity index (χ0v) is 14.3. The van der Waals surface area contributed by atoms with Gasteiger partial charge < -0.3 is 10.2 Å². The largest absolute Gasteiger partial charge is 0.322 e. The first kappa shape index (κ1) is 15.6. The number of carbonyl (C=O) groups excluding carboxylic acids is 1. The molecule has 4 nitrogen and oxygen atoms in total. The maximum absolute atomic E-state index is 12.8. The molecule has 1 atom stereocenters. The van der Waals surface area contributed by atoms with Gasteiger partial charge in [-0.15, -0.1) is 0 Å². The van der Waals surface area contributed by atoms with Crippen LogP contribution in [0.4, 0.5) is 10.5 Å². The standard InChI is InChI=1S/C21H21N3O/c1-15-7-2-4-9-18(15)20-11-6-12-24(20)21(25)23-17-13-16-8-3-5-10-19(16)22-14-17/h2-5,7-10,13-14,20H,6,11-12H2,1H3,(H,23,25)/t20-/m1/s1. The van der Waals surface area contributed by atoms with Gasteiger partial charge in [-0.25, -0.2) is 4.79 Å². The highest BCUT2D eigenvalue weighted by atomic mass is 16.2. The molecule has 1 fully saturated rings. The molecule has 0 unspecified atom stereocenters. The van der Waals surface area contributed by atoms with Crippen LogP contribution >= 0.6 is 0 Å². The molecule has 0 saturated carbocycles. The van der Waals surface area contributed by atoms with Crippen LogP contribution in [0.1, 0.15) is 30.0 Å². The number of hydrogen-bond acceptors (Lipinski definition) is 2. The number of aromatic nitrogens is 1. The first-order chi connectivity index (χ1) is 12.2. The SMILES string of the molecule is Cc1ccccc1[C@H]1CCCN1C(=O)Nc1cnc2ccccc2c1. The number of urea groups is 1. The van der Waals surface area contributed by atoms with Gasteiger partial charge in [-0.05, 0) is 43.0 Å². The van der Waals surface area contributed by atoms with E-state index >= 15 is 0 Å². The summed E-state index contributed by atoms with van der Waals surface area (Å²) in [7, 11) is 0. The Kier molecular flexibility index (Phi) is 4.10. The minimum atomic E-state index is -0.0529. The number of hydrogen-bond donors (Lipinski definition) is 1. The number of nitrogens with one attached hydrogen (secondary N) is 1. The lowest BCUT2D eigenvalue weighted by atomic mass is 9.99. The maximum atomic E-state index is 12.8. The van der Waals surface area contributed by atoms with E-state index in [2.05, 4.69) is 29.4 Å². The Morgan fingerprint density at radius 2 is 1.96 bits per heavy atom. The van der Waals surface area contributed by atoms with E-state index in [9.17, 15) is 4.79 Å². The molecule has 1 N–H and O–H groups in total. The topological polar surface area (TPSA) is 45.2 Å². The van der Waals surface area contributed by atoms with Crippen molar-refractivity contribution in [2.75, 3.05) is 11.9 Å². The van der Waals surface area contributed by atoms with Crippen LogP contribution in [0, 0.1) is 6.92 Å². The summed E-state index contributed by atoms with van der Waals surface area (Å²) in [6.07, 6.45) is 3.76. The molecule has 1 saturated heterocycles. The highest BCUT2D eigenvalue weighted by Crippen LogP contribution is 2.34. The summed E-state index contributed by atoms with van der Waals surface area (Å²) in [5.74, 6) is 0. The Balaban J connectivity index is 1.56. The third-order valence-corrected chi connectivity index (χ3v) is 4.90. The van der Waals surface area contributed by atoms with Gasteiger partial charge in [-0.2, -0.15) is 0 Å². The van der Waals surface area contributed by atoms with Gasteiger partial charge in [0.15, 0.2) is 0 Å². The predicted octanol–water partition coefficient (Wildman–Crippen LogP) is 4.91. The normalized spacial score (nSPS) is 17.0. The van der Waals surface area contributed by atoms with Gasteiger partial charge in [0.1, 0.15) is 0 Å². The van der Waals surface area contributed by atoms with Gasteiger partial charge in [0.2, 0.25) is 0 Å². The molecule has 1 aliphatic heterocycles. The molecule has 0 spiro atoms. The van der Waals surface area contributed by atoms with Crippen molar-refractivity contribution in [3.8, 4) is 0 Å². The lowest BCUT2D eigenvalue weighted by Crippen LogP contribution is -2.34. The van der Waals surface area contributed by atoms with Crippen molar-refractivity contribution in [3.05, 3.63) is 71.9 Å². The molecule has 2 heterocycles. The number of likely N-dealkylation sites (tertiary alicyclic amines) is 1. The Hall–Kier alpha value is -2.88. The Morgan fingerprint density at radius 3 is 2.84 bits per heavy atom.